The highest BCUT2D eigenvalue weighted by Gasteiger charge is 2.37. The van der Waals surface area contributed by atoms with E-state index in [9.17, 15) is 18.0 Å². The third-order valence-corrected chi connectivity index (χ3v) is 7.23. The molecule has 3 aromatic heterocycles. The molecule has 4 heterocycles. The predicted octanol–water partition coefficient (Wildman–Crippen LogP) is 5.36. The van der Waals surface area contributed by atoms with Crippen LogP contribution in [0.1, 0.15) is 53.3 Å². The summed E-state index contributed by atoms with van der Waals surface area (Å²) in [6, 6.07) is 10.5. The molecule has 1 amide bonds. The number of nitrogens with zero attached hydrogens (tertiary/aromatic N) is 4. The van der Waals surface area contributed by atoms with E-state index in [1.54, 1.807) is 13.2 Å². The lowest BCUT2D eigenvalue weighted by molar-refractivity contribution is -0.143. The molecular formula is C27H25F3N6O2. The van der Waals surface area contributed by atoms with Crippen molar-refractivity contribution in [3.63, 3.8) is 0 Å². The minimum Gasteiger partial charge on any atom is -0.488 e. The number of fused-ring (bicyclic) bond motifs is 2. The van der Waals surface area contributed by atoms with Crippen molar-refractivity contribution in [1.29, 1.82) is 0 Å². The number of anilines is 1. The third-order valence-electron chi connectivity index (χ3n) is 7.23. The maximum atomic E-state index is 13.3. The zero-order chi connectivity index (χ0) is 26.4. The number of alkyl halides is 3. The SMILES string of the molecule is CNc1cc2c(cn1)c(-c1ccc3c(c1)CNC3=O)nn2C1CCC(Oc2cccnc2C(F)(F)F)CC1. The number of hydrogen-bond acceptors (Lipinski definition) is 6. The molecule has 2 aliphatic rings. The normalized spacial score (nSPS) is 19.3. The van der Waals surface area contributed by atoms with E-state index in [1.807, 2.05) is 28.9 Å². The fourth-order valence-corrected chi connectivity index (χ4v) is 5.33. The van der Waals surface area contributed by atoms with Gasteiger partial charge >= 0.3 is 6.18 Å². The van der Waals surface area contributed by atoms with Gasteiger partial charge in [-0.1, -0.05) is 6.07 Å². The van der Waals surface area contributed by atoms with Crippen LogP contribution in [0.4, 0.5) is 19.0 Å². The second-order valence-corrected chi connectivity index (χ2v) is 9.58. The van der Waals surface area contributed by atoms with Crippen molar-refractivity contribution in [1.82, 2.24) is 25.1 Å². The summed E-state index contributed by atoms with van der Waals surface area (Å²) in [6.07, 6.45) is 0.578. The molecule has 1 aliphatic carbocycles. The molecule has 8 nitrogen and oxygen atoms in total. The van der Waals surface area contributed by atoms with E-state index in [2.05, 4.69) is 20.6 Å². The van der Waals surface area contributed by atoms with Gasteiger partial charge in [0, 0.05) is 48.6 Å². The number of benzene rings is 1. The van der Waals surface area contributed by atoms with E-state index in [0.717, 1.165) is 33.9 Å². The van der Waals surface area contributed by atoms with Gasteiger partial charge in [-0.25, -0.2) is 9.97 Å². The van der Waals surface area contributed by atoms with E-state index in [0.29, 0.717) is 43.6 Å². The Kier molecular flexibility index (Phi) is 5.93. The van der Waals surface area contributed by atoms with Crippen molar-refractivity contribution in [2.24, 2.45) is 0 Å². The van der Waals surface area contributed by atoms with Gasteiger partial charge in [-0.3, -0.25) is 9.48 Å². The molecule has 1 saturated carbocycles. The summed E-state index contributed by atoms with van der Waals surface area (Å²) in [4.78, 5) is 20.0. The quantitative estimate of drug-likeness (QED) is 0.367. The molecule has 2 N–H and O–H groups in total. The van der Waals surface area contributed by atoms with E-state index in [4.69, 9.17) is 9.84 Å². The zero-order valence-corrected chi connectivity index (χ0v) is 20.5. The van der Waals surface area contributed by atoms with Crippen molar-refractivity contribution in [3.8, 4) is 17.0 Å². The lowest BCUT2D eigenvalue weighted by Gasteiger charge is -2.30. The molecular weight excluding hydrogens is 497 g/mol. The molecule has 1 fully saturated rings. The summed E-state index contributed by atoms with van der Waals surface area (Å²) < 4.78 is 47.8. The van der Waals surface area contributed by atoms with E-state index in [-0.39, 0.29) is 23.8 Å². The van der Waals surface area contributed by atoms with Gasteiger partial charge in [-0.2, -0.15) is 18.3 Å². The number of ether oxygens (including phenoxy) is 1. The Morgan fingerprint density at radius 2 is 1.92 bits per heavy atom. The van der Waals surface area contributed by atoms with Gasteiger partial charge in [0.25, 0.3) is 5.91 Å². The number of carbonyl (C=O) groups is 1. The first-order chi connectivity index (χ1) is 18.3. The fourth-order valence-electron chi connectivity index (χ4n) is 5.33. The van der Waals surface area contributed by atoms with Gasteiger partial charge in [0.05, 0.1) is 17.7 Å². The van der Waals surface area contributed by atoms with Crippen LogP contribution < -0.4 is 15.4 Å². The van der Waals surface area contributed by atoms with E-state index in [1.165, 1.54) is 12.1 Å². The number of rotatable bonds is 5. The number of nitrogens with one attached hydrogen (secondary N) is 2. The summed E-state index contributed by atoms with van der Waals surface area (Å²) in [6.45, 7) is 0.486. The molecule has 6 rings (SSSR count). The minimum absolute atomic E-state index is 0.0480. The smallest absolute Gasteiger partial charge is 0.437 e. The molecule has 0 bridgehead atoms. The van der Waals surface area contributed by atoms with Gasteiger partial charge in [0.15, 0.2) is 11.4 Å². The van der Waals surface area contributed by atoms with Crippen LogP contribution in [0.25, 0.3) is 22.2 Å². The molecule has 38 heavy (non-hydrogen) atoms. The maximum Gasteiger partial charge on any atom is 0.437 e. The Morgan fingerprint density at radius 1 is 1.11 bits per heavy atom. The summed E-state index contributed by atoms with van der Waals surface area (Å²) in [5.74, 6) is 0.404. The number of hydrogen-bond donors (Lipinski definition) is 2. The topological polar surface area (TPSA) is 94.0 Å². The van der Waals surface area contributed by atoms with Crippen LogP contribution in [0.15, 0.2) is 48.8 Å². The lowest BCUT2D eigenvalue weighted by Crippen LogP contribution is -2.27. The van der Waals surface area contributed by atoms with Crippen molar-refractivity contribution < 1.29 is 22.7 Å². The maximum absolute atomic E-state index is 13.3. The van der Waals surface area contributed by atoms with Gasteiger partial charge in [-0.15, -0.1) is 0 Å². The zero-order valence-electron chi connectivity index (χ0n) is 20.5. The van der Waals surface area contributed by atoms with Gasteiger partial charge in [0.2, 0.25) is 0 Å². The van der Waals surface area contributed by atoms with Crippen LogP contribution >= 0.6 is 0 Å². The fraction of sp³-hybridized carbons (Fsp3) is 0.333. The predicted molar refractivity (Wildman–Crippen MR) is 135 cm³/mol. The van der Waals surface area contributed by atoms with E-state index >= 15 is 0 Å². The van der Waals surface area contributed by atoms with Gasteiger partial charge in [-0.05, 0) is 55.5 Å². The third kappa shape index (κ3) is 4.31. The first kappa shape index (κ1) is 24.2. The highest BCUT2D eigenvalue weighted by molar-refractivity contribution is 6.00. The number of aromatic nitrogens is 4. The van der Waals surface area contributed by atoms with Crippen LogP contribution in [0, 0.1) is 0 Å². The van der Waals surface area contributed by atoms with Crippen LogP contribution in [0.5, 0.6) is 5.75 Å². The number of carbonyl (C=O) groups excluding carboxylic acids is 1. The second kappa shape index (κ2) is 9.30. The largest absolute Gasteiger partial charge is 0.488 e. The summed E-state index contributed by atoms with van der Waals surface area (Å²) in [7, 11) is 1.80. The molecule has 0 spiro atoms. The molecule has 0 atom stereocenters. The molecule has 0 radical (unpaired) electrons. The number of halogens is 3. The number of pyridine rings is 2. The van der Waals surface area contributed by atoms with Gasteiger partial charge in [0.1, 0.15) is 11.5 Å². The second-order valence-electron chi connectivity index (χ2n) is 9.58. The molecule has 4 aromatic rings. The average Bonchev–Trinajstić information content (AvgIpc) is 3.48. The Morgan fingerprint density at radius 3 is 2.68 bits per heavy atom. The Bertz CT molecular complexity index is 1530. The summed E-state index contributed by atoms with van der Waals surface area (Å²) >= 11 is 0. The number of amides is 1. The Labute approximate surface area is 216 Å². The Balaban J connectivity index is 1.28. The van der Waals surface area contributed by atoms with Crippen molar-refractivity contribution in [2.75, 3.05) is 12.4 Å². The minimum atomic E-state index is -4.57. The van der Waals surface area contributed by atoms with Crippen molar-refractivity contribution in [2.45, 2.75) is 50.6 Å². The van der Waals surface area contributed by atoms with Crippen LogP contribution in [-0.4, -0.2) is 38.8 Å². The van der Waals surface area contributed by atoms with Crippen molar-refractivity contribution in [3.05, 3.63) is 65.6 Å². The average molecular weight is 523 g/mol. The molecule has 0 saturated heterocycles. The first-order valence-electron chi connectivity index (χ1n) is 12.5. The van der Waals surface area contributed by atoms with Crippen molar-refractivity contribution >= 4 is 22.6 Å². The lowest BCUT2D eigenvalue weighted by atomic mass is 9.93. The molecule has 196 valence electrons. The summed E-state index contributed by atoms with van der Waals surface area (Å²) in [5, 5.41) is 11.8. The standard InChI is InChI=1S/C27H25F3N6O2/c1-31-23-12-21-20(14-33-23)24(15-4-9-19-16(11-15)13-34-26(19)37)35-36(21)17-5-7-18(8-6-17)38-22-3-2-10-32-25(22)27(28,29)30/h2-4,9-12,14,17-18H,5-8,13H2,1H3,(H,31,33)(H,34,37). The Hall–Kier alpha value is -4.15. The highest BCUT2D eigenvalue weighted by atomic mass is 19.4. The van der Waals surface area contributed by atoms with E-state index < -0.39 is 11.9 Å². The van der Waals surface area contributed by atoms with Crippen LogP contribution in [0.2, 0.25) is 0 Å². The molecule has 1 aliphatic heterocycles. The molecule has 0 unspecified atom stereocenters. The molecule has 11 heteroatoms. The first-order valence-corrected chi connectivity index (χ1v) is 12.5. The summed E-state index contributed by atoms with van der Waals surface area (Å²) in [5.41, 5.74) is 3.21. The van der Waals surface area contributed by atoms with Crippen LogP contribution in [0.3, 0.4) is 0 Å². The van der Waals surface area contributed by atoms with Gasteiger partial charge < -0.3 is 15.4 Å². The van der Waals surface area contributed by atoms with Crippen LogP contribution in [-0.2, 0) is 12.7 Å². The highest BCUT2D eigenvalue weighted by Crippen LogP contribution is 2.39. The monoisotopic (exact) mass is 522 g/mol. The molecule has 1 aromatic carbocycles.